The van der Waals surface area contributed by atoms with E-state index in [1.54, 1.807) is 0 Å². The van der Waals surface area contributed by atoms with Crippen molar-refractivity contribution in [2.24, 2.45) is 5.73 Å². The van der Waals surface area contributed by atoms with Crippen LogP contribution in [0.4, 0.5) is 0 Å². The lowest BCUT2D eigenvalue weighted by Gasteiger charge is -2.12. The number of hydrogen-bond acceptors (Lipinski definition) is 2. The van der Waals surface area contributed by atoms with Crippen LogP contribution in [-0.4, -0.2) is 5.11 Å². The number of benzene rings is 2. The number of nitrogens with two attached hydrogens (primary N) is 1. The van der Waals surface area contributed by atoms with Gasteiger partial charge >= 0.3 is 0 Å². The Balaban J connectivity index is 2.36. The van der Waals surface area contributed by atoms with Gasteiger partial charge in [-0.25, -0.2) is 0 Å². The van der Waals surface area contributed by atoms with E-state index in [0.717, 1.165) is 29.5 Å². The second-order valence-electron chi connectivity index (χ2n) is 5.17. The molecule has 106 valence electrons. The summed E-state index contributed by atoms with van der Waals surface area (Å²) >= 11 is 0. The van der Waals surface area contributed by atoms with Crippen molar-refractivity contribution in [3.05, 3.63) is 53.6 Å². The molecule has 0 amide bonds. The number of aryl methyl sites for hydroxylation is 1. The summed E-state index contributed by atoms with van der Waals surface area (Å²) in [6.07, 6.45) is 4.38. The Labute approximate surface area is 121 Å². The minimum absolute atomic E-state index is 0.368. The van der Waals surface area contributed by atoms with E-state index in [1.807, 2.05) is 24.3 Å². The van der Waals surface area contributed by atoms with Crippen molar-refractivity contribution < 1.29 is 5.11 Å². The van der Waals surface area contributed by atoms with Crippen LogP contribution in [0.3, 0.4) is 0 Å². The zero-order valence-corrected chi connectivity index (χ0v) is 12.1. The topological polar surface area (TPSA) is 46.2 Å². The second-order valence-corrected chi connectivity index (χ2v) is 5.17. The summed E-state index contributed by atoms with van der Waals surface area (Å²) in [5, 5.41) is 10.3. The van der Waals surface area contributed by atoms with Crippen molar-refractivity contribution in [2.45, 2.75) is 39.2 Å². The van der Waals surface area contributed by atoms with Gasteiger partial charge in [0.05, 0.1) is 0 Å². The zero-order chi connectivity index (χ0) is 14.4. The van der Waals surface area contributed by atoms with E-state index in [0.29, 0.717) is 12.3 Å². The highest BCUT2D eigenvalue weighted by molar-refractivity contribution is 5.67. The third kappa shape index (κ3) is 3.40. The summed E-state index contributed by atoms with van der Waals surface area (Å²) < 4.78 is 0. The molecule has 0 heterocycles. The molecule has 0 aliphatic rings. The molecule has 0 saturated carbocycles. The Kier molecular flexibility index (Phi) is 5.19. The van der Waals surface area contributed by atoms with Crippen LogP contribution in [0.5, 0.6) is 5.75 Å². The van der Waals surface area contributed by atoms with Crippen LogP contribution in [0.15, 0.2) is 42.5 Å². The maximum absolute atomic E-state index is 10.3. The first kappa shape index (κ1) is 14.6. The average molecular weight is 269 g/mol. The third-order valence-electron chi connectivity index (χ3n) is 3.64. The highest BCUT2D eigenvalue weighted by atomic mass is 16.3. The molecule has 3 N–H and O–H groups in total. The Hall–Kier alpha value is -1.80. The van der Waals surface area contributed by atoms with Crippen molar-refractivity contribution >= 4 is 0 Å². The van der Waals surface area contributed by atoms with Gasteiger partial charge in [0, 0.05) is 12.1 Å². The van der Waals surface area contributed by atoms with E-state index in [1.165, 1.54) is 18.4 Å². The molecule has 0 aliphatic carbocycles. The van der Waals surface area contributed by atoms with E-state index in [4.69, 9.17) is 5.73 Å². The minimum Gasteiger partial charge on any atom is -0.507 e. The average Bonchev–Trinajstić information content (AvgIpc) is 2.50. The number of hydrogen-bond donors (Lipinski definition) is 2. The van der Waals surface area contributed by atoms with Gasteiger partial charge in [-0.15, -0.1) is 0 Å². The number of phenolic OH excluding ortho intramolecular Hbond substituents is 1. The molecule has 0 bridgehead atoms. The molecule has 0 spiro atoms. The van der Waals surface area contributed by atoms with Gasteiger partial charge in [0.15, 0.2) is 0 Å². The van der Waals surface area contributed by atoms with Crippen LogP contribution < -0.4 is 5.73 Å². The van der Waals surface area contributed by atoms with Gasteiger partial charge in [-0.05, 0) is 41.7 Å². The number of aromatic hydroxyl groups is 1. The van der Waals surface area contributed by atoms with E-state index < -0.39 is 0 Å². The van der Waals surface area contributed by atoms with Crippen LogP contribution in [0.2, 0.25) is 0 Å². The first-order valence-electron chi connectivity index (χ1n) is 7.36. The Morgan fingerprint density at radius 2 is 1.65 bits per heavy atom. The summed E-state index contributed by atoms with van der Waals surface area (Å²) in [6, 6.07) is 14.3. The quantitative estimate of drug-likeness (QED) is 0.770. The number of rotatable bonds is 6. The van der Waals surface area contributed by atoms with E-state index in [-0.39, 0.29) is 0 Å². The monoisotopic (exact) mass is 269 g/mol. The molecule has 0 fully saturated rings. The van der Waals surface area contributed by atoms with Crippen LogP contribution in [0.25, 0.3) is 11.1 Å². The maximum atomic E-state index is 10.3. The Morgan fingerprint density at radius 1 is 0.950 bits per heavy atom. The smallest absolute Gasteiger partial charge is 0.123 e. The largest absolute Gasteiger partial charge is 0.507 e. The SMILES string of the molecule is CCCCCc1cc(-c2ccccc2)cc(CN)c1O. The van der Waals surface area contributed by atoms with E-state index >= 15 is 0 Å². The lowest BCUT2D eigenvalue weighted by atomic mass is 9.96. The van der Waals surface area contributed by atoms with Crippen LogP contribution in [-0.2, 0) is 13.0 Å². The zero-order valence-electron chi connectivity index (χ0n) is 12.1. The summed E-state index contributed by atoms with van der Waals surface area (Å²) in [5.74, 6) is 0.378. The van der Waals surface area contributed by atoms with Gasteiger partial charge in [0.2, 0.25) is 0 Å². The number of phenols is 1. The van der Waals surface area contributed by atoms with Crippen molar-refractivity contribution in [1.29, 1.82) is 0 Å². The van der Waals surface area contributed by atoms with Crippen molar-refractivity contribution in [3.63, 3.8) is 0 Å². The standard InChI is InChI=1S/C18H23NO/c1-2-3-5-10-15-11-16(12-17(13-19)18(15)20)14-8-6-4-7-9-14/h4,6-9,11-12,20H,2-3,5,10,13,19H2,1H3. The molecule has 0 atom stereocenters. The molecule has 2 nitrogen and oxygen atoms in total. The maximum Gasteiger partial charge on any atom is 0.123 e. The molecule has 2 rings (SSSR count). The molecule has 2 aromatic carbocycles. The van der Waals surface area contributed by atoms with Crippen molar-refractivity contribution in [2.75, 3.05) is 0 Å². The second kappa shape index (κ2) is 7.11. The normalized spacial score (nSPS) is 10.7. The predicted octanol–water partition coefficient (Wildman–Crippen LogP) is 4.25. The summed E-state index contributed by atoms with van der Waals surface area (Å²) in [4.78, 5) is 0. The molecule has 0 unspecified atom stereocenters. The van der Waals surface area contributed by atoms with Gasteiger partial charge in [-0.2, -0.15) is 0 Å². The van der Waals surface area contributed by atoms with Gasteiger partial charge < -0.3 is 10.8 Å². The Morgan fingerprint density at radius 3 is 2.30 bits per heavy atom. The Bertz CT molecular complexity index is 549. The third-order valence-corrected chi connectivity index (χ3v) is 3.64. The first-order chi connectivity index (χ1) is 9.76. The van der Waals surface area contributed by atoms with Gasteiger partial charge in [0.25, 0.3) is 0 Å². The molecule has 20 heavy (non-hydrogen) atoms. The summed E-state index contributed by atoms with van der Waals surface area (Å²) in [6.45, 7) is 2.55. The fourth-order valence-electron chi connectivity index (χ4n) is 2.47. The summed E-state index contributed by atoms with van der Waals surface area (Å²) in [5.41, 5.74) is 9.91. The van der Waals surface area contributed by atoms with Crippen molar-refractivity contribution in [3.8, 4) is 16.9 Å². The number of unbranched alkanes of at least 4 members (excludes halogenated alkanes) is 2. The predicted molar refractivity (Wildman–Crippen MR) is 84.7 cm³/mol. The lowest BCUT2D eigenvalue weighted by molar-refractivity contribution is 0.459. The van der Waals surface area contributed by atoms with E-state index in [9.17, 15) is 5.11 Å². The molecule has 2 aromatic rings. The fraction of sp³-hybridized carbons (Fsp3) is 0.333. The highest BCUT2D eigenvalue weighted by Crippen LogP contribution is 2.31. The van der Waals surface area contributed by atoms with Crippen molar-refractivity contribution in [1.82, 2.24) is 0 Å². The van der Waals surface area contributed by atoms with Gasteiger partial charge in [-0.1, -0.05) is 50.1 Å². The van der Waals surface area contributed by atoms with Crippen LogP contribution in [0.1, 0.15) is 37.3 Å². The fourth-order valence-corrected chi connectivity index (χ4v) is 2.47. The molecule has 0 radical (unpaired) electrons. The van der Waals surface area contributed by atoms with Gasteiger partial charge in [0.1, 0.15) is 5.75 Å². The molecular formula is C18H23NO. The summed E-state index contributed by atoms with van der Waals surface area (Å²) in [7, 11) is 0. The molecule has 2 heteroatoms. The highest BCUT2D eigenvalue weighted by Gasteiger charge is 2.10. The van der Waals surface area contributed by atoms with Crippen LogP contribution in [0, 0.1) is 0 Å². The molecule has 0 saturated heterocycles. The van der Waals surface area contributed by atoms with Gasteiger partial charge in [-0.3, -0.25) is 0 Å². The minimum atomic E-state index is 0.368. The molecular weight excluding hydrogens is 246 g/mol. The lowest BCUT2D eigenvalue weighted by Crippen LogP contribution is -2.00. The van der Waals surface area contributed by atoms with Crippen LogP contribution >= 0.6 is 0 Å². The first-order valence-corrected chi connectivity index (χ1v) is 7.36. The molecule has 0 aliphatic heterocycles. The van der Waals surface area contributed by atoms with E-state index in [2.05, 4.69) is 25.1 Å². The molecule has 0 aromatic heterocycles.